The van der Waals surface area contributed by atoms with Gasteiger partial charge in [0.25, 0.3) is 0 Å². The Bertz CT molecular complexity index is 827. The van der Waals surface area contributed by atoms with Crippen LogP contribution in [0.2, 0.25) is 0 Å². The van der Waals surface area contributed by atoms with Crippen LogP contribution >= 0.6 is 0 Å². The molecule has 2 aliphatic heterocycles. The van der Waals surface area contributed by atoms with E-state index in [2.05, 4.69) is 70.4 Å². The average Bonchev–Trinajstić information content (AvgIpc) is 3.17. The fourth-order valence-electron chi connectivity index (χ4n) is 4.40. The molecular weight excluding hydrogens is 360 g/mol. The summed E-state index contributed by atoms with van der Waals surface area (Å²) in [6.45, 7) is 8.23. The maximum atomic E-state index is 12.9. The van der Waals surface area contributed by atoms with Gasteiger partial charge in [-0.15, -0.1) is 0 Å². The van der Waals surface area contributed by atoms with E-state index in [1.807, 2.05) is 12.1 Å². The number of carbonyl (C=O) groups is 1. The number of carbonyl (C=O) groups excluding carboxylic acids is 1. The topological polar surface area (TPSA) is 38.8 Å². The number of anilines is 2. The number of amides is 1. The lowest BCUT2D eigenvalue weighted by Crippen LogP contribution is -2.44. The van der Waals surface area contributed by atoms with Gasteiger partial charge in [-0.3, -0.25) is 9.69 Å². The molecule has 5 nitrogen and oxygen atoms in total. The molecular formula is C24H32N4O. The fraction of sp³-hybridized carbons (Fsp3) is 0.458. The standard InChI is InChI=1S/C24H32N4O/c1-19-5-3-6-20(17-19)18-28-12-4-7-23(28)24(29)25-21-8-10-22(11-9-21)27-15-13-26(2)14-16-27/h3,5-6,8-11,17,23H,4,7,12-16,18H2,1-2H3,(H,25,29). The predicted molar refractivity (Wildman–Crippen MR) is 119 cm³/mol. The van der Waals surface area contributed by atoms with Crippen molar-refractivity contribution in [1.82, 2.24) is 9.80 Å². The number of benzene rings is 2. The molecule has 1 unspecified atom stereocenters. The summed E-state index contributed by atoms with van der Waals surface area (Å²) < 4.78 is 0. The Labute approximate surface area is 174 Å². The van der Waals surface area contributed by atoms with Gasteiger partial charge < -0.3 is 15.1 Å². The van der Waals surface area contributed by atoms with Crippen LogP contribution < -0.4 is 10.2 Å². The SMILES string of the molecule is Cc1cccc(CN2CCCC2C(=O)Nc2ccc(N3CCN(C)CC3)cc2)c1. The molecule has 4 rings (SSSR count). The number of nitrogens with zero attached hydrogens (tertiary/aromatic N) is 3. The van der Waals surface area contributed by atoms with E-state index < -0.39 is 0 Å². The number of likely N-dealkylation sites (tertiary alicyclic amines) is 1. The van der Waals surface area contributed by atoms with E-state index in [0.29, 0.717) is 0 Å². The molecule has 1 atom stereocenters. The third-order valence-corrected chi connectivity index (χ3v) is 6.14. The van der Waals surface area contributed by atoms with Gasteiger partial charge in [-0.1, -0.05) is 29.8 Å². The molecule has 5 heteroatoms. The van der Waals surface area contributed by atoms with E-state index in [-0.39, 0.29) is 11.9 Å². The molecule has 29 heavy (non-hydrogen) atoms. The number of rotatable bonds is 5. The Kier molecular flexibility index (Phi) is 6.16. The van der Waals surface area contributed by atoms with Gasteiger partial charge in [0, 0.05) is 44.1 Å². The van der Waals surface area contributed by atoms with Gasteiger partial charge in [-0.05, 0) is 63.2 Å². The largest absolute Gasteiger partial charge is 0.369 e. The van der Waals surface area contributed by atoms with Crippen LogP contribution in [-0.4, -0.2) is 61.5 Å². The van der Waals surface area contributed by atoms with E-state index in [4.69, 9.17) is 0 Å². The Balaban J connectivity index is 1.35. The van der Waals surface area contributed by atoms with E-state index in [1.54, 1.807) is 0 Å². The quantitative estimate of drug-likeness (QED) is 0.847. The van der Waals surface area contributed by atoms with Crippen LogP contribution in [0.1, 0.15) is 24.0 Å². The van der Waals surface area contributed by atoms with Gasteiger partial charge in [-0.2, -0.15) is 0 Å². The van der Waals surface area contributed by atoms with Crippen LogP contribution in [0.4, 0.5) is 11.4 Å². The summed E-state index contributed by atoms with van der Waals surface area (Å²) in [5, 5.41) is 3.14. The van der Waals surface area contributed by atoms with Gasteiger partial charge in [0.1, 0.15) is 0 Å². The Morgan fingerprint density at radius 1 is 1.03 bits per heavy atom. The zero-order valence-corrected chi connectivity index (χ0v) is 17.6. The van der Waals surface area contributed by atoms with Gasteiger partial charge in [0.05, 0.1) is 6.04 Å². The molecule has 0 bridgehead atoms. The molecule has 2 saturated heterocycles. The monoisotopic (exact) mass is 392 g/mol. The van der Waals surface area contributed by atoms with E-state index in [9.17, 15) is 4.79 Å². The molecule has 0 aromatic heterocycles. The summed E-state index contributed by atoms with van der Waals surface area (Å²) in [7, 11) is 2.17. The average molecular weight is 393 g/mol. The van der Waals surface area contributed by atoms with Crippen molar-refractivity contribution in [2.24, 2.45) is 0 Å². The minimum atomic E-state index is -0.0483. The van der Waals surface area contributed by atoms with Gasteiger partial charge in [0.15, 0.2) is 0 Å². The molecule has 154 valence electrons. The second kappa shape index (κ2) is 8.97. The number of nitrogens with one attached hydrogen (secondary N) is 1. The molecule has 2 aromatic rings. The number of piperazine rings is 1. The highest BCUT2D eigenvalue weighted by Gasteiger charge is 2.30. The van der Waals surface area contributed by atoms with Crippen LogP contribution in [0.15, 0.2) is 48.5 Å². The predicted octanol–water partition coefficient (Wildman–Crippen LogP) is 3.35. The van der Waals surface area contributed by atoms with Crippen molar-refractivity contribution in [2.75, 3.05) is 50.0 Å². The first-order chi connectivity index (χ1) is 14.1. The third kappa shape index (κ3) is 4.98. The van der Waals surface area contributed by atoms with Crippen molar-refractivity contribution in [1.29, 1.82) is 0 Å². The molecule has 2 heterocycles. The molecule has 0 spiro atoms. The zero-order valence-electron chi connectivity index (χ0n) is 17.6. The Morgan fingerprint density at radius 3 is 2.52 bits per heavy atom. The van der Waals surface area contributed by atoms with Gasteiger partial charge >= 0.3 is 0 Å². The third-order valence-electron chi connectivity index (χ3n) is 6.14. The van der Waals surface area contributed by atoms with Crippen molar-refractivity contribution >= 4 is 17.3 Å². The highest BCUT2D eigenvalue weighted by atomic mass is 16.2. The van der Waals surface area contributed by atoms with Gasteiger partial charge in [0.2, 0.25) is 5.91 Å². The summed E-state index contributed by atoms with van der Waals surface area (Å²) in [6.07, 6.45) is 2.00. The van der Waals surface area contributed by atoms with Crippen molar-refractivity contribution < 1.29 is 4.79 Å². The first kappa shape index (κ1) is 19.9. The van der Waals surface area contributed by atoms with E-state index in [0.717, 1.165) is 57.8 Å². The molecule has 1 N–H and O–H groups in total. The Hall–Kier alpha value is -2.37. The lowest BCUT2D eigenvalue weighted by Gasteiger charge is -2.34. The highest BCUT2D eigenvalue weighted by molar-refractivity contribution is 5.95. The van der Waals surface area contributed by atoms with Crippen LogP contribution in [-0.2, 0) is 11.3 Å². The number of likely N-dealkylation sites (N-methyl/N-ethyl adjacent to an activating group) is 1. The number of hydrogen-bond acceptors (Lipinski definition) is 4. The molecule has 2 fully saturated rings. The maximum Gasteiger partial charge on any atom is 0.241 e. The minimum absolute atomic E-state index is 0.0483. The van der Waals surface area contributed by atoms with E-state index in [1.165, 1.54) is 16.8 Å². The lowest BCUT2D eigenvalue weighted by molar-refractivity contribution is -0.120. The van der Waals surface area contributed by atoms with Crippen LogP contribution in [0, 0.1) is 6.92 Å². The molecule has 0 radical (unpaired) electrons. The molecule has 0 saturated carbocycles. The zero-order chi connectivity index (χ0) is 20.2. The Morgan fingerprint density at radius 2 is 1.79 bits per heavy atom. The first-order valence-electron chi connectivity index (χ1n) is 10.7. The molecule has 0 aliphatic carbocycles. The number of hydrogen-bond donors (Lipinski definition) is 1. The normalized spacial score (nSPS) is 20.8. The van der Waals surface area contributed by atoms with Crippen LogP contribution in [0.25, 0.3) is 0 Å². The molecule has 2 aliphatic rings. The summed E-state index contributed by atoms with van der Waals surface area (Å²) in [4.78, 5) is 20.0. The van der Waals surface area contributed by atoms with Crippen molar-refractivity contribution in [3.05, 3.63) is 59.7 Å². The summed E-state index contributed by atoms with van der Waals surface area (Å²) in [5.41, 5.74) is 4.66. The smallest absolute Gasteiger partial charge is 0.241 e. The van der Waals surface area contributed by atoms with Crippen molar-refractivity contribution in [3.8, 4) is 0 Å². The second-order valence-corrected chi connectivity index (χ2v) is 8.44. The number of aryl methyl sites for hydroxylation is 1. The molecule has 1 amide bonds. The second-order valence-electron chi connectivity index (χ2n) is 8.44. The fourth-order valence-corrected chi connectivity index (χ4v) is 4.40. The van der Waals surface area contributed by atoms with Crippen molar-refractivity contribution in [2.45, 2.75) is 32.4 Å². The summed E-state index contributed by atoms with van der Waals surface area (Å²) in [6, 6.07) is 16.8. The lowest BCUT2D eigenvalue weighted by atomic mass is 10.1. The van der Waals surface area contributed by atoms with Crippen molar-refractivity contribution in [3.63, 3.8) is 0 Å². The van der Waals surface area contributed by atoms with Crippen LogP contribution in [0.3, 0.4) is 0 Å². The minimum Gasteiger partial charge on any atom is -0.369 e. The van der Waals surface area contributed by atoms with Gasteiger partial charge in [-0.25, -0.2) is 0 Å². The van der Waals surface area contributed by atoms with Crippen LogP contribution in [0.5, 0.6) is 0 Å². The molecule has 2 aromatic carbocycles. The summed E-state index contributed by atoms with van der Waals surface area (Å²) in [5.74, 6) is 0.113. The highest BCUT2D eigenvalue weighted by Crippen LogP contribution is 2.23. The summed E-state index contributed by atoms with van der Waals surface area (Å²) >= 11 is 0. The first-order valence-corrected chi connectivity index (χ1v) is 10.7. The maximum absolute atomic E-state index is 12.9. The van der Waals surface area contributed by atoms with E-state index >= 15 is 0 Å².